The molecule has 0 saturated carbocycles. The zero-order valence-corrected chi connectivity index (χ0v) is 11.6. The lowest BCUT2D eigenvalue weighted by Crippen LogP contribution is -2.16. The molecule has 1 amide bonds. The van der Waals surface area contributed by atoms with Crippen LogP contribution in [0.2, 0.25) is 0 Å². The first-order chi connectivity index (χ1) is 10.6. The molecule has 0 fully saturated rings. The highest BCUT2D eigenvalue weighted by Crippen LogP contribution is 2.15. The highest BCUT2D eigenvalue weighted by molar-refractivity contribution is 5.91. The Morgan fingerprint density at radius 1 is 1.14 bits per heavy atom. The third-order valence-electron chi connectivity index (χ3n) is 2.90. The Balaban J connectivity index is 1.81. The van der Waals surface area contributed by atoms with Crippen molar-refractivity contribution in [2.24, 2.45) is 0 Å². The van der Waals surface area contributed by atoms with Crippen molar-refractivity contribution in [3.63, 3.8) is 0 Å². The summed E-state index contributed by atoms with van der Waals surface area (Å²) in [5, 5.41) is 14.1. The van der Waals surface area contributed by atoms with Gasteiger partial charge in [0.25, 0.3) is 0 Å². The van der Waals surface area contributed by atoms with Crippen LogP contribution in [0.15, 0.2) is 42.5 Å². The zero-order chi connectivity index (χ0) is 15.9. The SMILES string of the molecule is N#Cc1ccc(NC(=O)CCNc2ccc(F)cc2F)cc1. The number of nitrogens with one attached hydrogen (secondary N) is 2. The number of halogens is 2. The number of nitrogens with zero attached hydrogens (tertiary/aromatic N) is 1. The molecule has 0 aromatic heterocycles. The summed E-state index contributed by atoms with van der Waals surface area (Å²) in [5.41, 5.74) is 1.23. The van der Waals surface area contributed by atoms with Gasteiger partial charge in [0.05, 0.1) is 17.3 Å². The number of rotatable bonds is 5. The van der Waals surface area contributed by atoms with Gasteiger partial charge in [0, 0.05) is 24.7 Å². The Hall–Kier alpha value is -2.94. The quantitative estimate of drug-likeness (QED) is 0.890. The smallest absolute Gasteiger partial charge is 0.226 e. The van der Waals surface area contributed by atoms with Crippen molar-refractivity contribution in [1.82, 2.24) is 0 Å². The Morgan fingerprint density at radius 3 is 2.50 bits per heavy atom. The van der Waals surface area contributed by atoms with Gasteiger partial charge in [-0.05, 0) is 36.4 Å². The molecule has 4 nitrogen and oxygen atoms in total. The van der Waals surface area contributed by atoms with Gasteiger partial charge in [0.2, 0.25) is 5.91 Å². The monoisotopic (exact) mass is 301 g/mol. The molecule has 0 heterocycles. The first kappa shape index (κ1) is 15.4. The lowest BCUT2D eigenvalue weighted by Gasteiger charge is -2.08. The molecule has 0 saturated heterocycles. The summed E-state index contributed by atoms with van der Waals surface area (Å²) in [7, 11) is 0. The van der Waals surface area contributed by atoms with Crippen molar-refractivity contribution in [1.29, 1.82) is 5.26 Å². The average molecular weight is 301 g/mol. The first-order valence-corrected chi connectivity index (χ1v) is 6.57. The predicted octanol–water partition coefficient (Wildman–Crippen LogP) is 3.28. The van der Waals surface area contributed by atoms with E-state index in [1.54, 1.807) is 24.3 Å². The molecule has 0 aliphatic rings. The normalized spacial score (nSPS) is 9.86. The number of benzene rings is 2. The van der Waals surface area contributed by atoms with Gasteiger partial charge in [-0.1, -0.05) is 0 Å². The molecular formula is C16H13F2N3O. The van der Waals surface area contributed by atoms with Crippen LogP contribution in [-0.4, -0.2) is 12.5 Å². The van der Waals surface area contributed by atoms with Gasteiger partial charge in [0.15, 0.2) is 0 Å². The van der Waals surface area contributed by atoms with Crippen molar-refractivity contribution in [3.8, 4) is 6.07 Å². The van der Waals surface area contributed by atoms with E-state index in [9.17, 15) is 13.6 Å². The van der Waals surface area contributed by atoms with Crippen molar-refractivity contribution in [3.05, 3.63) is 59.7 Å². The van der Waals surface area contributed by atoms with E-state index < -0.39 is 11.6 Å². The van der Waals surface area contributed by atoms with Gasteiger partial charge >= 0.3 is 0 Å². The number of hydrogen-bond acceptors (Lipinski definition) is 3. The minimum Gasteiger partial charge on any atom is -0.382 e. The Bertz CT molecular complexity index is 708. The summed E-state index contributed by atoms with van der Waals surface area (Å²) >= 11 is 0. The lowest BCUT2D eigenvalue weighted by atomic mass is 10.2. The Morgan fingerprint density at radius 2 is 1.86 bits per heavy atom. The predicted molar refractivity (Wildman–Crippen MR) is 79.3 cm³/mol. The molecule has 0 bridgehead atoms. The standard InChI is InChI=1S/C16H13F2N3O/c17-12-3-6-15(14(18)9-12)20-8-7-16(22)21-13-4-1-11(10-19)2-5-13/h1-6,9,20H,7-8H2,(H,21,22). The summed E-state index contributed by atoms with van der Waals surface area (Å²) in [5.74, 6) is -1.60. The van der Waals surface area contributed by atoms with Crippen LogP contribution in [0.3, 0.4) is 0 Å². The number of carbonyl (C=O) groups is 1. The second kappa shape index (κ2) is 7.18. The molecule has 6 heteroatoms. The number of hydrogen-bond donors (Lipinski definition) is 2. The topological polar surface area (TPSA) is 64.9 Å². The number of anilines is 2. The van der Waals surface area contributed by atoms with Crippen LogP contribution in [0.25, 0.3) is 0 Å². The fraction of sp³-hybridized carbons (Fsp3) is 0.125. The van der Waals surface area contributed by atoms with Crippen LogP contribution in [-0.2, 0) is 4.79 Å². The van der Waals surface area contributed by atoms with Gasteiger partial charge in [-0.25, -0.2) is 8.78 Å². The number of carbonyl (C=O) groups excluding carboxylic acids is 1. The zero-order valence-electron chi connectivity index (χ0n) is 11.6. The van der Waals surface area contributed by atoms with E-state index in [4.69, 9.17) is 5.26 Å². The molecule has 0 aliphatic heterocycles. The molecule has 2 N–H and O–H groups in total. The summed E-state index contributed by atoms with van der Waals surface area (Å²) in [6.07, 6.45) is 0.122. The van der Waals surface area contributed by atoms with Crippen molar-refractivity contribution in [2.75, 3.05) is 17.2 Å². The molecular weight excluding hydrogens is 288 g/mol. The molecule has 0 atom stereocenters. The number of nitriles is 1. The van der Waals surface area contributed by atoms with Crippen LogP contribution in [0.5, 0.6) is 0 Å². The minimum atomic E-state index is -0.701. The van der Waals surface area contributed by atoms with Crippen LogP contribution in [0, 0.1) is 23.0 Å². The van der Waals surface area contributed by atoms with E-state index in [0.29, 0.717) is 11.3 Å². The minimum absolute atomic E-state index is 0.122. The van der Waals surface area contributed by atoms with E-state index in [0.717, 1.165) is 12.1 Å². The Labute approximate surface area is 126 Å². The molecule has 22 heavy (non-hydrogen) atoms. The van der Waals surface area contributed by atoms with Gasteiger partial charge in [0.1, 0.15) is 11.6 Å². The Kier molecular flexibility index (Phi) is 5.04. The van der Waals surface area contributed by atoms with Gasteiger partial charge in [-0.15, -0.1) is 0 Å². The second-order valence-electron chi connectivity index (χ2n) is 4.54. The maximum absolute atomic E-state index is 13.4. The summed E-state index contributed by atoms with van der Waals surface area (Å²) < 4.78 is 26.1. The van der Waals surface area contributed by atoms with Crippen LogP contribution in [0.1, 0.15) is 12.0 Å². The lowest BCUT2D eigenvalue weighted by molar-refractivity contribution is -0.115. The van der Waals surface area contributed by atoms with Crippen LogP contribution < -0.4 is 10.6 Å². The van der Waals surface area contributed by atoms with Crippen molar-refractivity contribution in [2.45, 2.75) is 6.42 Å². The fourth-order valence-corrected chi connectivity index (χ4v) is 1.80. The molecule has 112 valence electrons. The molecule has 0 radical (unpaired) electrons. The second-order valence-corrected chi connectivity index (χ2v) is 4.54. The van der Waals surface area contributed by atoms with Gasteiger partial charge < -0.3 is 10.6 Å². The van der Waals surface area contributed by atoms with Gasteiger partial charge in [-0.3, -0.25) is 4.79 Å². The molecule has 0 unspecified atom stereocenters. The summed E-state index contributed by atoms with van der Waals surface area (Å²) in [6.45, 7) is 0.213. The molecule has 2 aromatic rings. The molecule has 2 aromatic carbocycles. The van der Waals surface area contributed by atoms with Crippen LogP contribution in [0.4, 0.5) is 20.2 Å². The summed E-state index contributed by atoms with van der Waals surface area (Å²) in [4.78, 5) is 11.7. The third-order valence-corrected chi connectivity index (χ3v) is 2.90. The van der Waals surface area contributed by atoms with Crippen molar-refractivity contribution < 1.29 is 13.6 Å². The first-order valence-electron chi connectivity index (χ1n) is 6.57. The third kappa shape index (κ3) is 4.28. The van der Waals surface area contributed by atoms with E-state index in [1.807, 2.05) is 6.07 Å². The average Bonchev–Trinajstić information content (AvgIpc) is 2.50. The van der Waals surface area contributed by atoms with Crippen LogP contribution >= 0.6 is 0 Å². The van der Waals surface area contributed by atoms with E-state index in [2.05, 4.69) is 10.6 Å². The maximum atomic E-state index is 13.4. The fourth-order valence-electron chi connectivity index (χ4n) is 1.80. The van der Waals surface area contributed by atoms with E-state index in [1.165, 1.54) is 6.07 Å². The van der Waals surface area contributed by atoms with E-state index >= 15 is 0 Å². The molecule has 0 spiro atoms. The largest absolute Gasteiger partial charge is 0.382 e. The van der Waals surface area contributed by atoms with Gasteiger partial charge in [-0.2, -0.15) is 5.26 Å². The highest BCUT2D eigenvalue weighted by Gasteiger charge is 2.05. The van der Waals surface area contributed by atoms with E-state index in [-0.39, 0.29) is 24.6 Å². The highest BCUT2D eigenvalue weighted by atomic mass is 19.1. The van der Waals surface area contributed by atoms with Crippen molar-refractivity contribution >= 4 is 17.3 Å². The molecule has 0 aliphatic carbocycles. The molecule has 2 rings (SSSR count). The summed E-state index contributed by atoms with van der Waals surface area (Å²) in [6, 6.07) is 11.6. The maximum Gasteiger partial charge on any atom is 0.226 e. The number of amides is 1.